The number of benzene rings is 1. The maximum Gasteiger partial charge on any atom is 0.573 e. The molecular weight excluding hydrogens is 265 g/mol. The second kappa shape index (κ2) is 6.42. The van der Waals surface area contributed by atoms with Crippen LogP contribution in [0.1, 0.15) is 24.5 Å². The van der Waals surface area contributed by atoms with E-state index in [1.165, 1.54) is 19.2 Å². The number of rotatable bonds is 5. The van der Waals surface area contributed by atoms with Gasteiger partial charge in [-0.3, -0.25) is 4.79 Å². The molecule has 19 heavy (non-hydrogen) atoms. The Balaban J connectivity index is 2.58. The lowest BCUT2D eigenvalue weighted by Gasteiger charge is -2.12. The molecule has 1 aromatic carbocycles. The van der Waals surface area contributed by atoms with Crippen molar-refractivity contribution in [2.75, 3.05) is 7.11 Å². The molecule has 0 saturated carbocycles. The lowest BCUT2D eigenvalue weighted by atomic mass is 10.1. The molecule has 0 spiro atoms. The van der Waals surface area contributed by atoms with Crippen LogP contribution < -0.4 is 4.74 Å². The summed E-state index contributed by atoms with van der Waals surface area (Å²) in [6.07, 6.45) is -5.53. The summed E-state index contributed by atoms with van der Waals surface area (Å²) in [5.74, 6) is -0.826. The van der Waals surface area contributed by atoms with Crippen LogP contribution >= 0.6 is 0 Å². The zero-order valence-corrected chi connectivity index (χ0v) is 10.1. The second-order valence-electron chi connectivity index (χ2n) is 3.75. The standard InChI is InChI=1S/C12H13F3O4/c1-18-11(17)7-6-10(16)8-2-4-9(5-3-8)19-12(13,14)15/h2-5,10,16H,6-7H2,1H3. The first-order valence-electron chi connectivity index (χ1n) is 5.42. The Morgan fingerprint density at radius 3 is 2.37 bits per heavy atom. The van der Waals surface area contributed by atoms with E-state index in [-0.39, 0.29) is 18.6 Å². The van der Waals surface area contributed by atoms with Gasteiger partial charge in [0, 0.05) is 6.42 Å². The van der Waals surface area contributed by atoms with Crippen LogP contribution in [0.3, 0.4) is 0 Å². The minimum atomic E-state index is -4.75. The van der Waals surface area contributed by atoms with Gasteiger partial charge in [-0.15, -0.1) is 13.2 Å². The van der Waals surface area contributed by atoms with Crippen molar-refractivity contribution in [1.29, 1.82) is 0 Å². The van der Waals surface area contributed by atoms with Crippen LogP contribution in [-0.4, -0.2) is 24.5 Å². The number of esters is 1. The average molecular weight is 278 g/mol. The number of ether oxygens (including phenoxy) is 2. The van der Waals surface area contributed by atoms with E-state index in [9.17, 15) is 23.1 Å². The number of aliphatic hydroxyl groups excluding tert-OH is 1. The first kappa shape index (κ1) is 15.3. The quantitative estimate of drug-likeness (QED) is 0.841. The highest BCUT2D eigenvalue weighted by molar-refractivity contribution is 5.69. The lowest BCUT2D eigenvalue weighted by molar-refractivity contribution is -0.274. The topological polar surface area (TPSA) is 55.8 Å². The third kappa shape index (κ3) is 5.60. The van der Waals surface area contributed by atoms with Crippen LogP contribution in [0.4, 0.5) is 13.2 Å². The normalized spacial score (nSPS) is 12.9. The predicted molar refractivity (Wildman–Crippen MR) is 59.3 cm³/mol. The van der Waals surface area contributed by atoms with Gasteiger partial charge < -0.3 is 14.6 Å². The van der Waals surface area contributed by atoms with E-state index in [0.717, 1.165) is 12.1 Å². The van der Waals surface area contributed by atoms with Gasteiger partial charge in [0.2, 0.25) is 0 Å². The Hall–Kier alpha value is -1.76. The number of hydrogen-bond acceptors (Lipinski definition) is 4. The molecule has 4 nitrogen and oxygen atoms in total. The van der Waals surface area contributed by atoms with Crippen LogP contribution in [0.15, 0.2) is 24.3 Å². The first-order chi connectivity index (χ1) is 8.81. The summed E-state index contributed by atoms with van der Waals surface area (Å²) < 4.78 is 43.9. The van der Waals surface area contributed by atoms with Crippen molar-refractivity contribution >= 4 is 5.97 Å². The highest BCUT2D eigenvalue weighted by Gasteiger charge is 2.31. The summed E-state index contributed by atoms with van der Waals surface area (Å²) in [5, 5.41) is 9.72. The molecule has 1 rings (SSSR count). The molecular formula is C12H13F3O4. The summed E-state index contributed by atoms with van der Waals surface area (Å²) in [7, 11) is 1.23. The Morgan fingerprint density at radius 2 is 1.89 bits per heavy atom. The number of carbonyl (C=O) groups excluding carboxylic acids is 1. The number of aliphatic hydroxyl groups is 1. The lowest BCUT2D eigenvalue weighted by Crippen LogP contribution is -2.17. The van der Waals surface area contributed by atoms with E-state index in [2.05, 4.69) is 9.47 Å². The zero-order valence-electron chi connectivity index (χ0n) is 10.1. The molecule has 0 heterocycles. The van der Waals surface area contributed by atoms with Crippen LogP contribution in [0, 0.1) is 0 Å². The fourth-order valence-corrected chi connectivity index (χ4v) is 1.41. The summed E-state index contributed by atoms with van der Waals surface area (Å²) in [6, 6.07) is 4.82. The molecule has 0 radical (unpaired) electrons. The Morgan fingerprint density at radius 1 is 1.32 bits per heavy atom. The molecule has 0 aliphatic rings. The van der Waals surface area contributed by atoms with Crippen LogP contribution in [0.25, 0.3) is 0 Å². The molecule has 0 bridgehead atoms. The van der Waals surface area contributed by atoms with Gasteiger partial charge in [0.15, 0.2) is 0 Å². The number of alkyl halides is 3. The maximum absolute atomic E-state index is 11.9. The van der Waals surface area contributed by atoms with Crippen molar-refractivity contribution in [3.63, 3.8) is 0 Å². The molecule has 0 aliphatic carbocycles. The van der Waals surface area contributed by atoms with Gasteiger partial charge in [-0.1, -0.05) is 12.1 Å². The van der Waals surface area contributed by atoms with Crippen molar-refractivity contribution in [2.45, 2.75) is 25.3 Å². The Kier molecular flexibility index (Phi) is 5.17. The number of halogens is 3. The molecule has 1 N–H and O–H groups in total. The van der Waals surface area contributed by atoms with Gasteiger partial charge in [-0.05, 0) is 24.1 Å². The van der Waals surface area contributed by atoms with Gasteiger partial charge in [0.05, 0.1) is 13.2 Å². The van der Waals surface area contributed by atoms with E-state index in [4.69, 9.17) is 0 Å². The molecule has 0 saturated heterocycles. The van der Waals surface area contributed by atoms with Gasteiger partial charge in [0.25, 0.3) is 0 Å². The minimum absolute atomic E-state index is 0.0263. The monoisotopic (exact) mass is 278 g/mol. The van der Waals surface area contributed by atoms with Gasteiger partial charge in [-0.25, -0.2) is 0 Å². The third-order valence-corrected chi connectivity index (χ3v) is 2.35. The first-order valence-corrected chi connectivity index (χ1v) is 5.42. The van der Waals surface area contributed by atoms with Gasteiger partial charge in [0.1, 0.15) is 5.75 Å². The van der Waals surface area contributed by atoms with Crippen molar-refractivity contribution in [1.82, 2.24) is 0 Å². The van der Waals surface area contributed by atoms with E-state index in [0.29, 0.717) is 5.56 Å². The van der Waals surface area contributed by atoms with Crippen molar-refractivity contribution < 1.29 is 32.5 Å². The summed E-state index contributed by atoms with van der Waals surface area (Å²) in [4.78, 5) is 10.9. The van der Waals surface area contributed by atoms with Gasteiger partial charge in [-0.2, -0.15) is 0 Å². The zero-order chi connectivity index (χ0) is 14.5. The smallest absolute Gasteiger partial charge is 0.469 e. The molecule has 106 valence electrons. The summed E-state index contributed by atoms with van der Waals surface area (Å²) in [6.45, 7) is 0. The van der Waals surface area contributed by atoms with Crippen molar-refractivity contribution in [3.8, 4) is 5.75 Å². The van der Waals surface area contributed by atoms with Crippen molar-refractivity contribution in [3.05, 3.63) is 29.8 Å². The molecule has 0 aromatic heterocycles. The minimum Gasteiger partial charge on any atom is -0.469 e. The number of hydrogen-bond donors (Lipinski definition) is 1. The molecule has 1 aromatic rings. The Labute approximate surface area is 107 Å². The van der Waals surface area contributed by atoms with E-state index in [1.807, 2.05) is 0 Å². The predicted octanol–water partition coefficient (Wildman–Crippen LogP) is 2.57. The highest BCUT2D eigenvalue weighted by Crippen LogP contribution is 2.25. The van der Waals surface area contributed by atoms with Crippen LogP contribution in [-0.2, 0) is 9.53 Å². The summed E-state index contributed by atoms with van der Waals surface area (Å²) in [5.41, 5.74) is 0.401. The summed E-state index contributed by atoms with van der Waals surface area (Å²) >= 11 is 0. The molecule has 0 amide bonds. The fourth-order valence-electron chi connectivity index (χ4n) is 1.41. The fraction of sp³-hybridized carbons (Fsp3) is 0.417. The highest BCUT2D eigenvalue weighted by atomic mass is 19.4. The molecule has 1 atom stereocenters. The molecule has 1 unspecified atom stereocenters. The maximum atomic E-state index is 11.9. The molecule has 0 aliphatic heterocycles. The van der Waals surface area contributed by atoms with E-state index in [1.54, 1.807) is 0 Å². The van der Waals surface area contributed by atoms with Crippen LogP contribution in [0.5, 0.6) is 5.75 Å². The van der Waals surface area contributed by atoms with Gasteiger partial charge >= 0.3 is 12.3 Å². The molecule has 7 heteroatoms. The van der Waals surface area contributed by atoms with Crippen molar-refractivity contribution in [2.24, 2.45) is 0 Å². The number of carbonyl (C=O) groups is 1. The average Bonchev–Trinajstić information content (AvgIpc) is 2.34. The van der Waals surface area contributed by atoms with E-state index >= 15 is 0 Å². The molecule has 0 fully saturated rings. The SMILES string of the molecule is COC(=O)CCC(O)c1ccc(OC(F)(F)F)cc1. The second-order valence-corrected chi connectivity index (χ2v) is 3.75. The largest absolute Gasteiger partial charge is 0.573 e. The third-order valence-electron chi connectivity index (χ3n) is 2.35. The van der Waals surface area contributed by atoms with Crippen LogP contribution in [0.2, 0.25) is 0 Å². The number of methoxy groups -OCH3 is 1. The van der Waals surface area contributed by atoms with E-state index < -0.39 is 18.4 Å². The Bertz CT molecular complexity index is 414.